The highest BCUT2D eigenvalue weighted by Gasteiger charge is 2.23. The van der Waals surface area contributed by atoms with Crippen LogP contribution < -0.4 is 0 Å². The van der Waals surface area contributed by atoms with E-state index < -0.39 is 0 Å². The molecule has 0 N–H and O–H groups in total. The van der Waals surface area contributed by atoms with Crippen LogP contribution in [0.25, 0.3) is 0 Å². The summed E-state index contributed by atoms with van der Waals surface area (Å²) in [5.41, 5.74) is 0. The van der Waals surface area contributed by atoms with E-state index in [0.29, 0.717) is 24.9 Å². The van der Waals surface area contributed by atoms with E-state index in [1.807, 2.05) is 0 Å². The van der Waals surface area contributed by atoms with E-state index >= 15 is 0 Å². The highest BCUT2D eigenvalue weighted by Crippen LogP contribution is 2.12. The molecule has 88 valence electrons. The molecule has 0 radical (unpaired) electrons. The van der Waals surface area contributed by atoms with Crippen LogP contribution in [0.4, 0.5) is 0 Å². The first-order valence-corrected chi connectivity index (χ1v) is 5.91. The van der Waals surface area contributed by atoms with E-state index in [1.54, 1.807) is 0 Å². The van der Waals surface area contributed by atoms with Gasteiger partial charge in [0.1, 0.15) is 0 Å². The summed E-state index contributed by atoms with van der Waals surface area (Å²) in [7, 11) is 0. The van der Waals surface area contributed by atoms with E-state index in [-0.39, 0.29) is 0 Å². The van der Waals surface area contributed by atoms with Crippen LogP contribution in [0.15, 0.2) is 0 Å². The van der Waals surface area contributed by atoms with Crippen LogP contribution in [0.1, 0.15) is 26.7 Å². The molecule has 0 amide bonds. The summed E-state index contributed by atoms with van der Waals surface area (Å²) in [6, 6.07) is 5.16. The van der Waals surface area contributed by atoms with Crippen molar-refractivity contribution in [1.82, 2.24) is 9.80 Å². The van der Waals surface area contributed by atoms with Crippen LogP contribution >= 0.6 is 0 Å². The molecule has 1 saturated heterocycles. The van der Waals surface area contributed by atoms with Gasteiger partial charge in [0.05, 0.1) is 25.0 Å². The molecule has 1 heterocycles. The minimum absolute atomic E-state index is 0.360. The normalized spacial score (nSPS) is 22.0. The molecular weight excluding hydrogens is 200 g/mol. The van der Waals surface area contributed by atoms with E-state index in [1.165, 1.54) is 0 Å². The summed E-state index contributed by atoms with van der Waals surface area (Å²) < 4.78 is 0. The summed E-state index contributed by atoms with van der Waals surface area (Å²) in [6.45, 7) is 8.27. The van der Waals surface area contributed by atoms with Crippen molar-refractivity contribution in [1.29, 1.82) is 10.5 Å². The maximum atomic E-state index is 8.65. The largest absolute Gasteiger partial charge is 0.297 e. The average molecular weight is 220 g/mol. The van der Waals surface area contributed by atoms with Crippen molar-refractivity contribution in [2.24, 2.45) is 0 Å². The molecule has 0 spiro atoms. The van der Waals surface area contributed by atoms with Crippen molar-refractivity contribution in [3.8, 4) is 12.1 Å². The predicted octanol–water partition coefficient (Wildman–Crippen LogP) is 1.21. The Hall–Kier alpha value is -1.10. The zero-order chi connectivity index (χ0) is 12.0. The molecule has 1 aliphatic heterocycles. The number of hydrogen-bond acceptors (Lipinski definition) is 4. The highest BCUT2D eigenvalue weighted by atomic mass is 15.3. The quantitative estimate of drug-likeness (QED) is 0.714. The van der Waals surface area contributed by atoms with Crippen molar-refractivity contribution >= 4 is 0 Å². The molecular formula is C12H20N4. The molecule has 1 fully saturated rings. The van der Waals surface area contributed by atoms with Crippen molar-refractivity contribution in [3.05, 3.63) is 0 Å². The van der Waals surface area contributed by atoms with Crippen LogP contribution in [-0.2, 0) is 0 Å². The lowest BCUT2D eigenvalue weighted by molar-refractivity contribution is 0.0809. The fourth-order valence-electron chi connectivity index (χ4n) is 2.14. The fourth-order valence-corrected chi connectivity index (χ4v) is 2.14. The molecule has 0 aromatic rings. The zero-order valence-electron chi connectivity index (χ0n) is 10.2. The lowest BCUT2D eigenvalue weighted by atomic mass is 10.1. The predicted molar refractivity (Wildman–Crippen MR) is 62.5 cm³/mol. The second-order valence-electron chi connectivity index (χ2n) is 4.49. The van der Waals surface area contributed by atoms with Gasteiger partial charge in [0.2, 0.25) is 0 Å². The highest BCUT2D eigenvalue weighted by molar-refractivity contribution is 4.86. The molecule has 4 heteroatoms. The monoisotopic (exact) mass is 220 g/mol. The molecule has 4 nitrogen and oxygen atoms in total. The Morgan fingerprint density at radius 1 is 0.875 bits per heavy atom. The molecule has 2 unspecified atom stereocenters. The van der Waals surface area contributed by atoms with Crippen molar-refractivity contribution in [2.75, 3.05) is 26.2 Å². The Labute approximate surface area is 98.1 Å². The maximum Gasteiger partial charge on any atom is 0.0638 e. The first-order valence-electron chi connectivity index (χ1n) is 5.91. The lowest BCUT2D eigenvalue weighted by Crippen LogP contribution is -2.51. The van der Waals surface area contributed by atoms with Crippen LogP contribution in [0.2, 0.25) is 0 Å². The molecule has 1 aliphatic rings. The van der Waals surface area contributed by atoms with Gasteiger partial charge in [-0.15, -0.1) is 0 Å². The Balaban J connectivity index is 2.34. The number of nitriles is 2. The Morgan fingerprint density at radius 2 is 1.19 bits per heavy atom. The smallest absolute Gasteiger partial charge is 0.0638 e. The second-order valence-corrected chi connectivity index (χ2v) is 4.49. The van der Waals surface area contributed by atoms with Gasteiger partial charge in [0, 0.05) is 38.3 Å². The van der Waals surface area contributed by atoms with Gasteiger partial charge in [-0.05, 0) is 13.8 Å². The molecule has 2 atom stereocenters. The van der Waals surface area contributed by atoms with E-state index in [4.69, 9.17) is 10.5 Å². The summed E-state index contributed by atoms with van der Waals surface area (Å²) in [4.78, 5) is 4.72. The number of nitrogens with zero attached hydrogens (tertiary/aromatic N) is 4. The molecule has 16 heavy (non-hydrogen) atoms. The number of rotatable bonds is 4. The van der Waals surface area contributed by atoms with Gasteiger partial charge in [-0.3, -0.25) is 9.80 Å². The van der Waals surface area contributed by atoms with Gasteiger partial charge in [0.15, 0.2) is 0 Å². The summed E-state index contributed by atoms with van der Waals surface area (Å²) in [5.74, 6) is 0. The third-order valence-electron chi connectivity index (χ3n) is 3.37. The molecule has 0 saturated carbocycles. The van der Waals surface area contributed by atoms with Crippen LogP contribution in [0, 0.1) is 22.7 Å². The van der Waals surface area contributed by atoms with Crippen LogP contribution in [0.3, 0.4) is 0 Å². The third-order valence-corrected chi connectivity index (χ3v) is 3.37. The van der Waals surface area contributed by atoms with E-state index in [2.05, 4.69) is 35.8 Å². The minimum Gasteiger partial charge on any atom is -0.297 e. The summed E-state index contributed by atoms with van der Waals surface area (Å²) in [6.07, 6.45) is 1.21. The summed E-state index contributed by atoms with van der Waals surface area (Å²) in [5, 5.41) is 17.3. The number of piperazine rings is 1. The Kier molecular flexibility index (Phi) is 5.25. The lowest BCUT2D eigenvalue weighted by Gasteiger charge is -2.39. The standard InChI is InChI=1S/C12H20N4/c1-11(3-5-13)15-7-9-16(10-8-15)12(2)4-6-14/h11-12H,3-4,7-10H2,1-2H3. The summed E-state index contributed by atoms with van der Waals surface area (Å²) >= 11 is 0. The molecule has 0 aliphatic carbocycles. The van der Waals surface area contributed by atoms with Gasteiger partial charge in [-0.25, -0.2) is 0 Å². The van der Waals surface area contributed by atoms with Gasteiger partial charge >= 0.3 is 0 Å². The first kappa shape index (κ1) is 13.0. The topological polar surface area (TPSA) is 54.1 Å². The Bertz CT molecular complexity index is 250. The van der Waals surface area contributed by atoms with Gasteiger partial charge in [-0.1, -0.05) is 0 Å². The zero-order valence-corrected chi connectivity index (χ0v) is 10.2. The van der Waals surface area contributed by atoms with Gasteiger partial charge in [-0.2, -0.15) is 10.5 Å². The second kappa shape index (κ2) is 6.48. The van der Waals surface area contributed by atoms with Crippen LogP contribution in [0.5, 0.6) is 0 Å². The van der Waals surface area contributed by atoms with Crippen molar-refractivity contribution in [3.63, 3.8) is 0 Å². The maximum absolute atomic E-state index is 8.65. The first-order chi connectivity index (χ1) is 7.69. The SMILES string of the molecule is CC(CC#N)N1CCN(C(C)CC#N)CC1. The van der Waals surface area contributed by atoms with E-state index in [9.17, 15) is 0 Å². The molecule has 0 bridgehead atoms. The van der Waals surface area contributed by atoms with Crippen LogP contribution in [-0.4, -0.2) is 48.1 Å². The van der Waals surface area contributed by atoms with Crippen molar-refractivity contribution in [2.45, 2.75) is 38.8 Å². The number of hydrogen-bond donors (Lipinski definition) is 0. The fraction of sp³-hybridized carbons (Fsp3) is 0.833. The third kappa shape index (κ3) is 3.48. The molecule has 0 aromatic carbocycles. The average Bonchev–Trinajstić information content (AvgIpc) is 2.30. The van der Waals surface area contributed by atoms with Gasteiger partial charge < -0.3 is 0 Å². The van der Waals surface area contributed by atoms with Gasteiger partial charge in [0.25, 0.3) is 0 Å². The minimum atomic E-state index is 0.360. The van der Waals surface area contributed by atoms with E-state index in [0.717, 1.165) is 26.2 Å². The molecule has 1 rings (SSSR count). The van der Waals surface area contributed by atoms with Crippen molar-refractivity contribution < 1.29 is 0 Å². The Morgan fingerprint density at radius 3 is 1.44 bits per heavy atom. The molecule has 0 aromatic heterocycles.